The number of nitrogen functional groups attached to an aromatic ring is 1. The van der Waals surface area contributed by atoms with E-state index >= 15 is 0 Å². The van der Waals surface area contributed by atoms with Crippen LogP contribution in [0.1, 0.15) is 13.8 Å². The van der Waals surface area contributed by atoms with Crippen LogP contribution in [-0.2, 0) is 0 Å². The molecule has 0 radical (unpaired) electrons. The highest BCUT2D eigenvalue weighted by Gasteiger charge is 2.19. The monoisotopic (exact) mass is 327 g/mol. The third-order valence-electron chi connectivity index (χ3n) is 4.54. The Kier molecular flexibility index (Phi) is 4.85. The molecule has 1 aliphatic rings. The van der Waals surface area contributed by atoms with E-state index in [0.717, 1.165) is 43.3 Å². The molecule has 1 fully saturated rings. The van der Waals surface area contributed by atoms with Crippen molar-refractivity contribution in [3.8, 4) is 17.0 Å². The fourth-order valence-corrected chi connectivity index (χ4v) is 2.97. The molecule has 2 heterocycles. The summed E-state index contributed by atoms with van der Waals surface area (Å²) in [6.07, 6.45) is 3.66. The fraction of sp³-hybridized carbons (Fsp3) is 0.444. The molecule has 0 aliphatic carbocycles. The van der Waals surface area contributed by atoms with Gasteiger partial charge in [-0.15, -0.1) is 0 Å². The quantitative estimate of drug-likeness (QED) is 0.869. The van der Waals surface area contributed by atoms with E-state index in [-0.39, 0.29) is 0 Å². The zero-order valence-electron chi connectivity index (χ0n) is 14.6. The van der Waals surface area contributed by atoms with Gasteiger partial charge in [0.05, 0.1) is 30.9 Å². The molecule has 1 saturated heterocycles. The summed E-state index contributed by atoms with van der Waals surface area (Å²) >= 11 is 0. The minimum absolute atomic E-state index is 0.598. The highest BCUT2D eigenvalue weighted by molar-refractivity contribution is 5.67. The van der Waals surface area contributed by atoms with E-state index in [0.29, 0.717) is 17.5 Å². The number of rotatable bonds is 4. The molecule has 0 unspecified atom stereocenters. The minimum Gasteiger partial charge on any atom is -0.495 e. The van der Waals surface area contributed by atoms with Gasteiger partial charge in [-0.25, -0.2) is 4.98 Å². The van der Waals surface area contributed by atoms with E-state index in [4.69, 9.17) is 10.5 Å². The van der Waals surface area contributed by atoms with Gasteiger partial charge in [-0.3, -0.25) is 9.88 Å². The maximum Gasteiger partial charge on any atom is 0.147 e. The highest BCUT2D eigenvalue weighted by atomic mass is 16.5. The molecule has 6 nitrogen and oxygen atoms in total. The Morgan fingerprint density at radius 1 is 1.08 bits per heavy atom. The Balaban J connectivity index is 1.72. The fourth-order valence-electron chi connectivity index (χ4n) is 2.97. The van der Waals surface area contributed by atoms with Gasteiger partial charge in [-0.05, 0) is 26.0 Å². The molecule has 0 atom stereocenters. The zero-order valence-corrected chi connectivity index (χ0v) is 14.6. The average molecular weight is 327 g/mol. The number of anilines is 2. The summed E-state index contributed by atoms with van der Waals surface area (Å²) in [6, 6.07) is 6.25. The number of ether oxygens (including phenoxy) is 1. The van der Waals surface area contributed by atoms with E-state index in [9.17, 15) is 0 Å². The lowest BCUT2D eigenvalue weighted by molar-refractivity contribution is 0.209. The van der Waals surface area contributed by atoms with E-state index in [1.165, 1.54) is 0 Å². The first-order valence-corrected chi connectivity index (χ1v) is 8.33. The van der Waals surface area contributed by atoms with Crippen LogP contribution in [0, 0.1) is 0 Å². The molecule has 0 amide bonds. The summed E-state index contributed by atoms with van der Waals surface area (Å²) in [5.41, 5.74) is 8.25. The lowest BCUT2D eigenvalue weighted by atomic mass is 10.1. The molecule has 6 heteroatoms. The van der Waals surface area contributed by atoms with Crippen molar-refractivity contribution in [2.24, 2.45) is 0 Å². The van der Waals surface area contributed by atoms with Gasteiger partial charge >= 0.3 is 0 Å². The zero-order chi connectivity index (χ0) is 17.1. The molecule has 0 saturated carbocycles. The maximum absolute atomic E-state index is 5.86. The minimum atomic E-state index is 0.598. The molecule has 128 valence electrons. The second-order valence-corrected chi connectivity index (χ2v) is 6.33. The number of hydrogen-bond donors (Lipinski definition) is 1. The highest BCUT2D eigenvalue weighted by Crippen LogP contribution is 2.28. The van der Waals surface area contributed by atoms with Crippen molar-refractivity contribution in [3.63, 3.8) is 0 Å². The van der Waals surface area contributed by atoms with Crippen LogP contribution in [0.25, 0.3) is 11.3 Å². The van der Waals surface area contributed by atoms with Crippen LogP contribution < -0.4 is 15.4 Å². The molecular formula is C18H25N5O. The average Bonchev–Trinajstić information content (AvgIpc) is 2.62. The Bertz CT molecular complexity index is 678. The number of nitrogens with two attached hydrogens (primary N) is 1. The van der Waals surface area contributed by atoms with Crippen LogP contribution in [0.4, 0.5) is 11.5 Å². The van der Waals surface area contributed by atoms with Crippen molar-refractivity contribution in [1.82, 2.24) is 14.9 Å². The summed E-state index contributed by atoms with van der Waals surface area (Å²) in [5, 5.41) is 0. The van der Waals surface area contributed by atoms with Crippen LogP contribution in [0.5, 0.6) is 5.75 Å². The van der Waals surface area contributed by atoms with Gasteiger partial charge in [-0.2, -0.15) is 0 Å². The van der Waals surface area contributed by atoms with E-state index in [2.05, 4.69) is 33.6 Å². The van der Waals surface area contributed by atoms with Gasteiger partial charge in [0.1, 0.15) is 11.6 Å². The van der Waals surface area contributed by atoms with Crippen molar-refractivity contribution in [2.75, 3.05) is 43.9 Å². The molecule has 2 aromatic rings. The molecule has 0 bridgehead atoms. The van der Waals surface area contributed by atoms with Gasteiger partial charge in [0.2, 0.25) is 0 Å². The molecule has 3 rings (SSSR count). The topological polar surface area (TPSA) is 67.5 Å². The summed E-state index contributed by atoms with van der Waals surface area (Å²) < 4.78 is 5.27. The van der Waals surface area contributed by atoms with E-state index in [1.807, 2.05) is 30.6 Å². The summed E-state index contributed by atoms with van der Waals surface area (Å²) in [7, 11) is 1.61. The van der Waals surface area contributed by atoms with Crippen molar-refractivity contribution in [1.29, 1.82) is 0 Å². The predicted molar refractivity (Wildman–Crippen MR) is 97.4 cm³/mol. The van der Waals surface area contributed by atoms with Gasteiger partial charge in [0, 0.05) is 37.8 Å². The van der Waals surface area contributed by atoms with Crippen molar-refractivity contribution >= 4 is 11.5 Å². The third-order valence-corrected chi connectivity index (χ3v) is 4.54. The first-order valence-electron chi connectivity index (χ1n) is 8.33. The maximum atomic E-state index is 5.86. The Hall–Kier alpha value is -2.34. The standard InChI is InChI=1S/C18H25N5O/c1-13(2)22-6-8-23(9-7-22)18-12-20-16(11-21-18)14-4-5-15(19)17(10-14)24-3/h4-5,10-13H,6-9,19H2,1-3H3. The van der Waals surface area contributed by atoms with Crippen LogP contribution in [-0.4, -0.2) is 54.2 Å². The normalized spacial score (nSPS) is 15.8. The van der Waals surface area contributed by atoms with Gasteiger partial charge in [0.25, 0.3) is 0 Å². The first kappa shape index (κ1) is 16.5. The summed E-state index contributed by atoms with van der Waals surface area (Å²) in [4.78, 5) is 13.9. The molecule has 1 aromatic heterocycles. The molecule has 2 N–H and O–H groups in total. The molecular weight excluding hydrogens is 302 g/mol. The van der Waals surface area contributed by atoms with Gasteiger partial charge < -0.3 is 15.4 Å². The van der Waals surface area contributed by atoms with Crippen molar-refractivity contribution < 1.29 is 4.74 Å². The smallest absolute Gasteiger partial charge is 0.147 e. The number of piperazine rings is 1. The lowest BCUT2D eigenvalue weighted by Crippen LogP contribution is -2.49. The number of hydrogen-bond acceptors (Lipinski definition) is 6. The van der Waals surface area contributed by atoms with Crippen molar-refractivity contribution in [3.05, 3.63) is 30.6 Å². The van der Waals surface area contributed by atoms with E-state index in [1.54, 1.807) is 7.11 Å². The van der Waals surface area contributed by atoms with Crippen molar-refractivity contribution in [2.45, 2.75) is 19.9 Å². The Labute approximate surface area is 143 Å². The summed E-state index contributed by atoms with van der Waals surface area (Å²) in [6.45, 7) is 8.59. The third kappa shape index (κ3) is 3.43. The Morgan fingerprint density at radius 2 is 1.83 bits per heavy atom. The second-order valence-electron chi connectivity index (χ2n) is 6.33. The predicted octanol–water partition coefficient (Wildman–Crippen LogP) is 2.26. The number of aromatic nitrogens is 2. The second kappa shape index (κ2) is 7.05. The van der Waals surface area contributed by atoms with Crippen LogP contribution >= 0.6 is 0 Å². The number of nitrogens with zero attached hydrogens (tertiary/aromatic N) is 4. The first-order chi connectivity index (χ1) is 11.6. The van der Waals surface area contributed by atoms with Crippen LogP contribution in [0.3, 0.4) is 0 Å². The van der Waals surface area contributed by atoms with Gasteiger partial charge in [0.15, 0.2) is 0 Å². The molecule has 0 spiro atoms. The summed E-state index contributed by atoms with van der Waals surface area (Å²) in [5.74, 6) is 1.59. The molecule has 1 aliphatic heterocycles. The lowest BCUT2D eigenvalue weighted by Gasteiger charge is -2.37. The Morgan fingerprint density at radius 3 is 2.42 bits per heavy atom. The van der Waals surface area contributed by atoms with Gasteiger partial charge in [-0.1, -0.05) is 6.07 Å². The number of methoxy groups -OCH3 is 1. The number of benzene rings is 1. The van der Waals surface area contributed by atoms with Crippen LogP contribution in [0.2, 0.25) is 0 Å². The largest absolute Gasteiger partial charge is 0.495 e. The SMILES string of the molecule is COc1cc(-c2cnc(N3CCN(C(C)C)CC3)cn2)ccc1N. The molecule has 1 aromatic carbocycles. The van der Waals surface area contributed by atoms with Crippen LogP contribution in [0.15, 0.2) is 30.6 Å². The van der Waals surface area contributed by atoms with E-state index < -0.39 is 0 Å². The molecule has 24 heavy (non-hydrogen) atoms.